The Bertz CT molecular complexity index is 1280. The van der Waals surface area contributed by atoms with E-state index in [4.69, 9.17) is 11.6 Å². The van der Waals surface area contributed by atoms with Crippen LogP contribution in [0.3, 0.4) is 0 Å². The monoisotopic (exact) mass is 487 g/mol. The lowest BCUT2D eigenvalue weighted by molar-refractivity contribution is -0.129. The van der Waals surface area contributed by atoms with Crippen molar-refractivity contribution >= 4 is 34.9 Å². The zero-order valence-electron chi connectivity index (χ0n) is 17.8. The molecule has 12 heteroatoms. The van der Waals surface area contributed by atoms with E-state index in [-0.39, 0.29) is 23.2 Å². The number of hydrogen-bond acceptors (Lipinski definition) is 6. The molecule has 0 saturated carbocycles. The molecule has 0 aliphatic carbocycles. The quantitative estimate of drug-likeness (QED) is 0.451. The summed E-state index contributed by atoms with van der Waals surface area (Å²) in [6.45, 7) is 2.15. The number of aromatic nitrogens is 2. The molecule has 0 spiro atoms. The number of anilines is 2. The van der Waals surface area contributed by atoms with Crippen LogP contribution in [0, 0.1) is 24.5 Å². The molecule has 2 saturated heterocycles. The summed E-state index contributed by atoms with van der Waals surface area (Å²) in [5, 5.41) is 15.7. The number of hydrazine groups is 1. The SMILES string of the molecule is Cc1cc(NC(=O)c2ccc(F)c(F)c2)n(C2NC(=O)C3CNN(c4cccc(Cl)c4)C3N2)n1. The summed E-state index contributed by atoms with van der Waals surface area (Å²) in [5.41, 5.74) is 4.52. The molecule has 3 unspecified atom stereocenters. The van der Waals surface area contributed by atoms with Gasteiger partial charge in [0.15, 0.2) is 17.9 Å². The zero-order valence-corrected chi connectivity index (χ0v) is 18.6. The van der Waals surface area contributed by atoms with Gasteiger partial charge in [0.2, 0.25) is 5.91 Å². The first-order valence-electron chi connectivity index (χ1n) is 10.5. The van der Waals surface area contributed by atoms with Gasteiger partial charge in [-0.15, -0.1) is 0 Å². The average Bonchev–Trinajstić information content (AvgIpc) is 3.39. The topological polar surface area (TPSA) is 103 Å². The van der Waals surface area contributed by atoms with Gasteiger partial charge in [-0.1, -0.05) is 17.7 Å². The number of carbonyl (C=O) groups excluding carboxylic acids is 2. The molecule has 5 rings (SSSR count). The molecule has 2 fully saturated rings. The Hall–Kier alpha value is -3.54. The minimum atomic E-state index is -1.13. The largest absolute Gasteiger partial charge is 0.321 e. The summed E-state index contributed by atoms with van der Waals surface area (Å²) in [5.74, 6) is -3.13. The first kappa shape index (κ1) is 22.3. The predicted molar refractivity (Wildman–Crippen MR) is 121 cm³/mol. The van der Waals surface area contributed by atoms with Crippen LogP contribution in [0.15, 0.2) is 48.5 Å². The minimum absolute atomic E-state index is 0.0582. The van der Waals surface area contributed by atoms with Gasteiger partial charge in [0.1, 0.15) is 12.0 Å². The number of fused-ring (bicyclic) bond motifs is 1. The molecule has 9 nitrogen and oxygen atoms in total. The Morgan fingerprint density at radius 1 is 1.18 bits per heavy atom. The molecule has 3 aromatic rings. The van der Waals surface area contributed by atoms with Gasteiger partial charge in [0.25, 0.3) is 5.91 Å². The van der Waals surface area contributed by atoms with Crippen LogP contribution >= 0.6 is 11.6 Å². The average molecular weight is 488 g/mol. The van der Waals surface area contributed by atoms with Crippen LogP contribution in [0.25, 0.3) is 0 Å². The van der Waals surface area contributed by atoms with Crippen molar-refractivity contribution in [3.63, 3.8) is 0 Å². The highest BCUT2D eigenvalue weighted by molar-refractivity contribution is 6.30. The fourth-order valence-corrected chi connectivity index (χ4v) is 4.29. The summed E-state index contributed by atoms with van der Waals surface area (Å²) < 4.78 is 28.2. The van der Waals surface area contributed by atoms with E-state index in [2.05, 4.69) is 26.5 Å². The van der Waals surface area contributed by atoms with Crippen LogP contribution in [-0.2, 0) is 4.79 Å². The number of nitrogens with zero attached hydrogens (tertiary/aromatic N) is 3. The summed E-state index contributed by atoms with van der Waals surface area (Å²) in [6, 6.07) is 11.7. The Labute approximate surface area is 198 Å². The van der Waals surface area contributed by atoms with Crippen LogP contribution in [0.5, 0.6) is 0 Å². The van der Waals surface area contributed by atoms with Crippen molar-refractivity contribution in [3.8, 4) is 0 Å². The van der Waals surface area contributed by atoms with Crippen molar-refractivity contribution in [3.05, 3.63) is 76.4 Å². The smallest absolute Gasteiger partial charge is 0.256 e. The fraction of sp³-hybridized carbons (Fsp3) is 0.227. The van der Waals surface area contributed by atoms with Gasteiger partial charge in [0.05, 0.1) is 17.3 Å². The van der Waals surface area contributed by atoms with Crippen LogP contribution in [0.2, 0.25) is 5.02 Å². The highest BCUT2D eigenvalue weighted by atomic mass is 35.5. The number of halogens is 3. The van der Waals surface area contributed by atoms with Gasteiger partial charge >= 0.3 is 0 Å². The number of hydrogen-bond donors (Lipinski definition) is 4. The number of carbonyl (C=O) groups is 2. The third kappa shape index (κ3) is 4.09. The Morgan fingerprint density at radius 2 is 2.00 bits per heavy atom. The molecule has 2 aromatic carbocycles. The molecule has 34 heavy (non-hydrogen) atoms. The lowest BCUT2D eigenvalue weighted by Crippen LogP contribution is -2.61. The zero-order chi connectivity index (χ0) is 24.0. The van der Waals surface area contributed by atoms with E-state index >= 15 is 0 Å². The van der Waals surface area contributed by atoms with Crippen LogP contribution < -0.4 is 26.4 Å². The number of rotatable bonds is 4. The van der Waals surface area contributed by atoms with E-state index in [0.29, 0.717) is 17.3 Å². The standard InChI is InChI=1S/C22H20ClF2N7O2/c1-11-7-18(27-20(33)12-5-6-16(24)17(25)8-12)32(30-11)22-28-19-15(21(34)29-22)10-26-31(19)14-4-2-3-13(23)9-14/h2-9,15,19,22,26,28H,10H2,1H3,(H,27,33)(H,29,34). The van der Waals surface area contributed by atoms with E-state index in [1.807, 2.05) is 17.1 Å². The van der Waals surface area contributed by atoms with Crippen LogP contribution in [0.4, 0.5) is 20.3 Å². The fourth-order valence-electron chi connectivity index (χ4n) is 4.10. The molecule has 4 N–H and O–H groups in total. The second kappa shape index (κ2) is 8.67. The maximum absolute atomic E-state index is 13.6. The van der Waals surface area contributed by atoms with Crippen molar-refractivity contribution in [2.45, 2.75) is 19.4 Å². The number of aryl methyl sites for hydroxylation is 1. The highest BCUT2D eigenvalue weighted by Crippen LogP contribution is 2.29. The van der Waals surface area contributed by atoms with Crippen molar-refractivity contribution in [1.29, 1.82) is 0 Å². The minimum Gasteiger partial charge on any atom is -0.321 e. The van der Waals surface area contributed by atoms with E-state index in [9.17, 15) is 18.4 Å². The van der Waals surface area contributed by atoms with Crippen LogP contribution in [-0.4, -0.2) is 34.3 Å². The first-order valence-corrected chi connectivity index (χ1v) is 10.9. The molecule has 3 atom stereocenters. The molecule has 1 aromatic heterocycles. The van der Waals surface area contributed by atoms with Crippen molar-refractivity contribution in [1.82, 2.24) is 25.8 Å². The maximum Gasteiger partial charge on any atom is 0.256 e. The molecule has 2 amide bonds. The van der Waals surface area contributed by atoms with E-state index in [1.54, 1.807) is 25.1 Å². The Balaban J connectivity index is 1.40. The summed E-state index contributed by atoms with van der Waals surface area (Å²) >= 11 is 6.14. The molecular weight excluding hydrogens is 468 g/mol. The second-order valence-electron chi connectivity index (χ2n) is 8.04. The van der Waals surface area contributed by atoms with Crippen molar-refractivity contribution in [2.24, 2.45) is 5.92 Å². The van der Waals surface area contributed by atoms with E-state index < -0.39 is 30.0 Å². The normalized spacial score (nSPS) is 21.8. The number of amides is 2. The highest BCUT2D eigenvalue weighted by Gasteiger charge is 2.45. The Kier molecular flexibility index (Phi) is 5.68. The summed E-state index contributed by atoms with van der Waals surface area (Å²) in [6.07, 6.45) is -1.21. The Morgan fingerprint density at radius 3 is 2.76 bits per heavy atom. The van der Waals surface area contributed by atoms with Crippen molar-refractivity contribution in [2.75, 3.05) is 16.9 Å². The molecule has 0 bridgehead atoms. The number of nitrogens with one attached hydrogen (secondary N) is 4. The van der Waals surface area contributed by atoms with Crippen molar-refractivity contribution < 1.29 is 18.4 Å². The first-order chi connectivity index (χ1) is 16.3. The predicted octanol–water partition coefficient (Wildman–Crippen LogP) is 2.52. The molecule has 2 aliphatic rings. The molecule has 176 valence electrons. The van der Waals surface area contributed by atoms with Gasteiger partial charge in [0, 0.05) is 23.2 Å². The molecule has 3 heterocycles. The van der Waals surface area contributed by atoms with Gasteiger partial charge in [-0.25, -0.2) is 18.9 Å². The van der Waals surface area contributed by atoms with Gasteiger partial charge < -0.3 is 10.6 Å². The molecule has 0 radical (unpaired) electrons. The summed E-state index contributed by atoms with van der Waals surface area (Å²) in [7, 11) is 0. The number of benzene rings is 2. The van der Waals surface area contributed by atoms with E-state index in [1.165, 1.54) is 10.7 Å². The van der Waals surface area contributed by atoms with Gasteiger partial charge in [-0.3, -0.25) is 19.9 Å². The third-order valence-corrected chi connectivity index (χ3v) is 5.93. The second-order valence-corrected chi connectivity index (χ2v) is 8.48. The molecular formula is C22H20ClF2N7O2. The lowest BCUT2D eigenvalue weighted by atomic mass is 10.0. The van der Waals surface area contributed by atoms with Gasteiger partial charge in [-0.05, 0) is 43.3 Å². The lowest BCUT2D eigenvalue weighted by Gasteiger charge is -2.37. The van der Waals surface area contributed by atoms with Crippen LogP contribution in [0.1, 0.15) is 22.3 Å². The summed E-state index contributed by atoms with van der Waals surface area (Å²) in [4.78, 5) is 25.5. The van der Waals surface area contributed by atoms with Gasteiger partial charge in [-0.2, -0.15) is 5.10 Å². The molecule has 2 aliphatic heterocycles. The maximum atomic E-state index is 13.6. The third-order valence-electron chi connectivity index (χ3n) is 5.70. The van der Waals surface area contributed by atoms with E-state index in [0.717, 1.165) is 17.8 Å².